The van der Waals surface area contributed by atoms with E-state index in [-0.39, 0.29) is 10.3 Å². The standard InChI is InChI=1S/C15H24N2O3S/c1-12-5-6-13(20-3)14(9-12)21(18,19)17-11-15(2)7-4-8-16-10-15/h5-6,9,16-17H,4,7-8,10-11H2,1-3H3. The zero-order valence-electron chi connectivity index (χ0n) is 12.9. The molecule has 1 aliphatic rings. The van der Waals surface area contributed by atoms with Crippen LogP contribution in [0.1, 0.15) is 25.3 Å². The van der Waals surface area contributed by atoms with E-state index < -0.39 is 10.0 Å². The first-order valence-electron chi connectivity index (χ1n) is 7.21. The minimum atomic E-state index is -3.57. The van der Waals surface area contributed by atoms with Crippen LogP contribution in [0.5, 0.6) is 5.75 Å². The molecule has 1 unspecified atom stereocenters. The van der Waals surface area contributed by atoms with E-state index >= 15 is 0 Å². The van der Waals surface area contributed by atoms with Crippen molar-refractivity contribution in [2.75, 3.05) is 26.7 Å². The summed E-state index contributed by atoms with van der Waals surface area (Å²) >= 11 is 0. The molecule has 118 valence electrons. The fourth-order valence-corrected chi connectivity index (χ4v) is 4.06. The molecule has 1 saturated heterocycles. The van der Waals surface area contributed by atoms with E-state index in [9.17, 15) is 8.42 Å². The van der Waals surface area contributed by atoms with Crippen LogP contribution in [0.15, 0.2) is 23.1 Å². The summed E-state index contributed by atoms with van der Waals surface area (Å²) in [7, 11) is -2.08. The number of nitrogens with one attached hydrogen (secondary N) is 2. The molecule has 2 rings (SSSR count). The lowest BCUT2D eigenvalue weighted by Crippen LogP contribution is -2.45. The van der Waals surface area contributed by atoms with Crippen LogP contribution in [0.3, 0.4) is 0 Å². The Morgan fingerprint density at radius 1 is 1.43 bits per heavy atom. The molecular weight excluding hydrogens is 288 g/mol. The summed E-state index contributed by atoms with van der Waals surface area (Å²) in [5.74, 6) is 0.375. The third-order valence-electron chi connectivity index (χ3n) is 3.98. The number of benzene rings is 1. The normalized spacial score (nSPS) is 23.0. The minimum absolute atomic E-state index is 0.0393. The third-order valence-corrected chi connectivity index (χ3v) is 5.41. The fraction of sp³-hybridized carbons (Fsp3) is 0.600. The van der Waals surface area contributed by atoms with Crippen LogP contribution in [0.25, 0.3) is 0 Å². The Morgan fingerprint density at radius 2 is 2.19 bits per heavy atom. The average molecular weight is 312 g/mol. The molecule has 0 aromatic heterocycles. The van der Waals surface area contributed by atoms with E-state index in [1.54, 1.807) is 12.1 Å². The van der Waals surface area contributed by atoms with Gasteiger partial charge in [0.15, 0.2) is 0 Å². The van der Waals surface area contributed by atoms with Crippen molar-refractivity contribution in [3.05, 3.63) is 23.8 Å². The molecule has 1 aromatic rings. The van der Waals surface area contributed by atoms with Crippen LogP contribution < -0.4 is 14.8 Å². The first-order valence-corrected chi connectivity index (χ1v) is 8.70. The van der Waals surface area contributed by atoms with Gasteiger partial charge in [0.05, 0.1) is 7.11 Å². The fourth-order valence-electron chi connectivity index (χ4n) is 2.61. The number of ether oxygens (including phenoxy) is 1. The Hall–Kier alpha value is -1.11. The smallest absolute Gasteiger partial charge is 0.244 e. The Labute approximate surface area is 127 Å². The topological polar surface area (TPSA) is 67.4 Å². The molecule has 0 saturated carbocycles. The molecule has 0 bridgehead atoms. The van der Waals surface area contributed by atoms with E-state index in [2.05, 4.69) is 17.0 Å². The van der Waals surface area contributed by atoms with Gasteiger partial charge in [-0.1, -0.05) is 13.0 Å². The van der Waals surface area contributed by atoms with Crippen LogP contribution in [-0.2, 0) is 10.0 Å². The zero-order valence-corrected chi connectivity index (χ0v) is 13.7. The van der Waals surface area contributed by atoms with E-state index in [0.29, 0.717) is 12.3 Å². The molecule has 2 N–H and O–H groups in total. The highest BCUT2D eigenvalue weighted by molar-refractivity contribution is 7.89. The summed E-state index contributed by atoms with van der Waals surface area (Å²) in [5, 5.41) is 3.32. The van der Waals surface area contributed by atoms with Gasteiger partial charge in [0, 0.05) is 13.1 Å². The summed E-state index contributed by atoms with van der Waals surface area (Å²) in [6, 6.07) is 5.17. The number of hydrogen-bond acceptors (Lipinski definition) is 4. The molecule has 1 atom stereocenters. The monoisotopic (exact) mass is 312 g/mol. The van der Waals surface area contributed by atoms with Gasteiger partial charge in [-0.15, -0.1) is 0 Å². The predicted octanol–water partition coefficient (Wildman–Crippen LogP) is 1.67. The first-order chi connectivity index (χ1) is 9.86. The van der Waals surface area contributed by atoms with Crippen LogP contribution in [0.2, 0.25) is 0 Å². The molecule has 5 nitrogen and oxygen atoms in total. The summed E-state index contributed by atoms with van der Waals surface area (Å²) < 4.78 is 33.0. The van der Waals surface area contributed by atoms with Crippen LogP contribution in [-0.4, -0.2) is 35.2 Å². The number of rotatable bonds is 5. The second-order valence-corrected chi connectivity index (χ2v) is 7.81. The zero-order chi connectivity index (χ0) is 15.5. The maximum absolute atomic E-state index is 12.5. The molecule has 0 radical (unpaired) electrons. The van der Waals surface area contributed by atoms with Gasteiger partial charge < -0.3 is 10.1 Å². The van der Waals surface area contributed by atoms with Crippen molar-refractivity contribution in [3.63, 3.8) is 0 Å². The number of sulfonamides is 1. The maximum atomic E-state index is 12.5. The minimum Gasteiger partial charge on any atom is -0.495 e. The van der Waals surface area contributed by atoms with Gasteiger partial charge in [0.1, 0.15) is 10.6 Å². The molecule has 1 heterocycles. The van der Waals surface area contributed by atoms with E-state index in [0.717, 1.165) is 31.5 Å². The molecule has 0 amide bonds. The van der Waals surface area contributed by atoms with Crippen molar-refractivity contribution in [1.82, 2.24) is 10.0 Å². The predicted molar refractivity (Wildman–Crippen MR) is 83.1 cm³/mol. The lowest BCUT2D eigenvalue weighted by Gasteiger charge is -2.34. The van der Waals surface area contributed by atoms with Gasteiger partial charge in [0.2, 0.25) is 10.0 Å². The summed E-state index contributed by atoms with van der Waals surface area (Å²) in [4.78, 5) is 0.206. The highest BCUT2D eigenvalue weighted by Crippen LogP contribution is 2.27. The Balaban J connectivity index is 2.17. The van der Waals surface area contributed by atoms with E-state index in [1.165, 1.54) is 7.11 Å². The first kappa shape index (κ1) is 16.3. The summed E-state index contributed by atoms with van der Waals surface area (Å²) in [6.07, 6.45) is 2.10. The van der Waals surface area contributed by atoms with E-state index in [4.69, 9.17) is 4.74 Å². The van der Waals surface area contributed by atoms with Gasteiger partial charge >= 0.3 is 0 Å². The quantitative estimate of drug-likeness (QED) is 0.868. The molecule has 1 aromatic carbocycles. The molecule has 0 aliphatic carbocycles. The van der Waals surface area contributed by atoms with Crippen LogP contribution in [0, 0.1) is 12.3 Å². The van der Waals surface area contributed by atoms with Crippen molar-refractivity contribution >= 4 is 10.0 Å². The molecule has 1 fully saturated rings. The number of piperidine rings is 1. The van der Waals surface area contributed by atoms with Crippen molar-refractivity contribution < 1.29 is 13.2 Å². The van der Waals surface area contributed by atoms with Gasteiger partial charge in [-0.25, -0.2) is 13.1 Å². The van der Waals surface area contributed by atoms with Crippen LogP contribution in [0.4, 0.5) is 0 Å². The summed E-state index contributed by atoms with van der Waals surface area (Å²) in [6.45, 7) is 6.24. The Morgan fingerprint density at radius 3 is 2.81 bits per heavy atom. The number of aryl methyl sites for hydroxylation is 1. The average Bonchev–Trinajstić information content (AvgIpc) is 2.46. The van der Waals surface area contributed by atoms with Crippen molar-refractivity contribution in [2.45, 2.75) is 31.6 Å². The number of hydrogen-bond donors (Lipinski definition) is 2. The third kappa shape index (κ3) is 3.96. The van der Waals surface area contributed by atoms with E-state index in [1.807, 2.05) is 13.0 Å². The van der Waals surface area contributed by atoms with Crippen LogP contribution >= 0.6 is 0 Å². The molecule has 0 spiro atoms. The Bertz CT molecular complexity index is 593. The largest absolute Gasteiger partial charge is 0.495 e. The van der Waals surface area contributed by atoms with Gasteiger partial charge in [-0.3, -0.25) is 0 Å². The highest BCUT2D eigenvalue weighted by Gasteiger charge is 2.29. The second-order valence-electron chi connectivity index (χ2n) is 6.07. The van der Waals surface area contributed by atoms with Gasteiger partial charge in [0.25, 0.3) is 0 Å². The molecule has 6 heteroatoms. The highest BCUT2D eigenvalue weighted by atomic mass is 32.2. The second kappa shape index (κ2) is 6.34. The van der Waals surface area contributed by atoms with Gasteiger partial charge in [-0.05, 0) is 49.4 Å². The molecule has 21 heavy (non-hydrogen) atoms. The maximum Gasteiger partial charge on any atom is 0.244 e. The summed E-state index contributed by atoms with van der Waals surface area (Å²) in [5.41, 5.74) is 0.851. The lowest BCUT2D eigenvalue weighted by atomic mass is 9.83. The SMILES string of the molecule is COc1ccc(C)cc1S(=O)(=O)NCC1(C)CCCNC1. The number of methoxy groups -OCH3 is 1. The van der Waals surface area contributed by atoms with Gasteiger partial charge in [-0.2, -0.15) is 0 Å². The lowest BCUT2D eigenvalue weighted by molar-refractivity contribution is 0.238. The van der Waals surface area contributed by atoms with Crippen molar-refractivity contribution in [2.24, 2.45) is 5.41 Å². The van der Waals surface area contributed by atoms with Crippen molar-refractivity contribution in [3.8, 4) is 5.75 Å². The Kier molecular flexibility index (Phi) is 4.91. The van der Waals surface area contributed by atoms with Crippen molar-refractivity contribution in [1.29, 1.82) is 0 Å². The molecule has 1 aliphatic heterocycles. The molecular formula is C15H24N2O3S.